The Bertz CT molecular complexity index is 354. The highest BCUT2D eigenvalue weighted by atomic mass is 35.5. The molecular formula is C17H29ClN2. The van der Waals surface area contributed by atoms with E-state index in [4.69, 9.17) is 0 Å². The van der Waals surface area contributed by atoms with Crippen LogP contribution in [0.5, 0.6) is 0 Å². The summed E-state index contributed by atoms with van der Waals surface area (Å²) in [6.45, 7) is 7.60. The number of nitrogens with zero attached hydrogens (tertiary/aromatic N) is 1. The summed E-state index contributed by atoms with van der Waals surface area (Å²) >= 11 is 0. The van der Waals surface area contributed by atoms with E-state index in [0.29, 0.717) is 0 Å². The van der Waals surface area contributed by atoms with Crippen LogP contribution in [0.4, 0.5) is 5.69 Å². The van der Waals surface area contributed by atoms with Crippen LogP contribution >= 0.6 is 12.4 Å². The van der Waals surface area contributed by atoms with Gasteiger partial charge in [-0.1, -0.05) is 31.4 Å². The second-order valence-corrected chi connectivity index (χ2v) is 5.55. The fraction of sp³-hybridized carbons (Fsp3) is 0.647. The molecule has 1 aliphatic rings. The zero-order chi connectivity index (χ0) is 13.5. The first-order valence-electron chi connectivity index (χ1n) is 7.90. The second-order valence-electron chi connectivity index (χ2n) is 5.55. The lowest BCUT2D eigenvalue weighted by atomic mass is 9.95. The Hall–Kier alpha value is -0.730. The monoisotopic (exact) mass is 296 g/mol. The predicted molar refractivity (Wildman–Crippen MR) is 91.0 cm³/mol. The molecule has 1 N–H and O–H groups in total. The predicted octanol–water partition coefficient (Wildman–Crippen LogP) is 4.38. The van der Waals surface area contributed by atoms with E-state index in [9.17, 15) is 0 Å². The first kappa shape index (κ1) is 17.3. The molecule has 1 aromatic carbocycles. The van der Waals surface area contributed by atoms with Gasteiger partial charge in [-0.05, 0) is 44.4 Å². The minimum Gasteiger partial charge on any atom is -0.372 e. The van der Waals surface area contributed by atoms with Gasteiger partial charge in [0.2, 0.25) is 0 Å². The van der Waals surface area contributed by atoms with Crippen LogP contribution in [0.1, 0.15) is 51.5 Å². The van der Waals surface area contributed by atoms with Crippen molar-refractivity contribution < 1.29 is 0 Å². The topological polar surface area (TPSA) is 15.3 Å². The molecule has 1 saturated carbocycles. The summed E-state index contributed by atoms with van der Waals surface area (Å²) in [6.07, 6.45) is 6.95. The molecule has 0 spiro atoms. The molecule has 1 fully saturated rings. The zero-order valence-corrected chi connectivity index (χ0v) is 13.7. The van der Waals surface area contributed by atoms with Crippen LogP contribution in [0.25, 0.3) is 0 Å². The Kier molecular flexibility index (Phi) is 8.01. The molecule has 0 aliphatic heterocycles. The molecule has 3 heteroatoms. The van der Waals surface area contributed by atoms with E-state index in [0.717, 1.165) is 25.7 Å². The standard InChI is InChI=1S/C17H28N2.ClH/c1-3-19(4-2)17-12-10-15(11-13-17)14-18-16-8-6-5-7-9-16;/h10-13,16,18H,3-9,14H2,1-2H3;1H. The van der Waals surface area contributed by atoms with Crippen molar-refractivity contribution in [2.75, 3.05) is 18.0 Å². The average Bonchev–Trinajstić information content (AvgIpc) is 2.49. The van der Waals surface area contributed by atoms with Crippen LogP contribution in [-0.2, 0) is 6.54 Å². The number of nitrogens with one attached hydrogen (secondary N) is 1. The molecule has 2 rings (SSSR count). The molecule has 1 aromatic rings. The van der Waals surface area contributed by atoms with Crippen LogP contribution in [0.15, 0.2) is 24.3 Å². The van der Waals surface area contributed by atoms with E-state index in [1.807, 2.05) is 0 Å². The molecule has 0 aromatic heterocycles. The molecule has 0 amide bonds. The highest BCUT2D eigenvalue weighted by molar-refractivity contribution is 5.85. The Balaban J connectivity index is 0.00000200. The fourth-order valence-electron chi connectivity index (χ4n) is 2.98. The van der Waals surface area contributed by atoms with Crippen LogP contribution in [0.3, 0.4) is 0 Å². The Morgan fingerprint density at radius 3 is 2.15 bits per heavy atom. The number of anilines is 1. The smallest absolute Gasteiger partial charge is 0.0366 e. The minimum absolute atomic E-state index is 0. The maximum absolute atomic E-state index is 3.70. The van der Waals surface area contributed by atoms with Crippen molar-refractivity contribution in [3.8, 4) is 0 Å². The van der Waals surface area contributed by atoms with Gasteiger partial charge in [-0.15, -0.1) is 12.4 Å². The summed E-state index contributed by atoms with van der Waals surface area (Å²) in [5.74, 6) is 0. The fourth-order valence-corrected chi connectivity index (χ4v) is 2.98. The van der Waals surface area contributed by atoms with Crippen molar-refractivity contribution in [1.82, 2.24) is 5.32 Å². The summed E-state index contributed by atoms with van der Waals surface area (Å²) < 4.78 is 0. The minimum atomic E-state index is 0. The van der Waals surface area contributed by atoms with E-state index in [1.165, 1.54) is 43.4 Å². The maximum atomic E-state index is 3.70. The SMILES string of the molecule is CCN(CC)c1ccc(CNC2CCCCC2)cc1.Cl. The maximum Gasteiger partial charge on any atom is 0.0366 e. The van der Waals surface area contributed by atoms with Crippen molar-refractivity contribution in [2.45, 2.75) is 58.5 Å². The normalized spacial score (nSPS) is 15.7. The third-order valence-corrected chi connectivity index (χ3v) is 4.26. The van der Waals surface area contributed by atoms with Gasteiger partial charge in [0.25, 0.3) is 0 Å². The van der Waals surface area contributed by atoms with Crippen LogP contribution < -0.4 is 10.2 Å². The molecule has 0 saturated heterocycles. The molecule has 0 bridgehead atoms. The van der Waals surface area contributed by atoms with Crippen LogP contribution in [0, 0.1) is 0 Å². The first-order valence-corrected chi connectivity index (χ1v) is 7.90. The second kappa shape index (κ2) is 9.25. The van der Waals surface area contributed by atoms with Crippen molar-refractivity contribution in [1.29, 1.82) is 0 Å². The molecule has 114 valence electrons. The quantitative estimate of drug-likeness (QED) is 0.838. The van der Waals surface area contributed by atoms with Crippen molar-refractivity contribution in [3.63, 3.8) is 0 Å². The molecule has 0 radical (unpaired) electrons. The number of hydrogen-bond donors (Lipinski definition) is 1. The number of rotatable bonds is 6. The third-order valence-electron chi connectivity index (χ3n) is 4.26. The molecule has 20 heavy (non-hydrogen) atoms. The van der Waals surface area contributed by atoms with Gasteiger partial charge >= 0.3 is 0 Å². The lowest BCUT2D eigenvalue weighted by Crippen LogP contribution is -2.30. The molecule has 2 nitrogen and oxygen atoms in total. The summed E-state index contributed by atoms with van der Waals surface area (Å²) in [7, 11) is 0. The van der Waals surface area contributed by atoms with E-state index < -0.39 is 0 Å². The molecular weight excluding hydrogens is 268 g/mol. The molecule has 1 aliphatic carbocycles. The van der Waals surface area contributed by atoms with Gasteiger partial charge in [0, 0.05) is 31.4 Å². The van der Waals surface area contributed by atoms with E-state index in [2.05, 4.69) is 48.3 Å². The number of benzene rings is 1. The highest BCUT2D eigenvalue weighted by Gasteiger charge is 2.12. The van der Waals surface area contributed by atoms with Gasteiger partial charge in [-0.25, -0.2) is 0 Å². The largest absolute Gasteiger partial charge is 0.372 e. The van der Waals surface area contributed by atoms with Gasteiger partial charge in [0.15, 0.2) is 0 Å². The van der Waals surface area contributed by atoms with Crippen molar-refractivity contribution in [2.24, 2.45) is 0 Å². The summed E-state index contributed by atoms with van der Waals surface area (Å²) in [5.41, 5.74) is 2.74. The molecule has 0 unspecified atom stereocenters. The van der Waals surface area contributed by atoms with Gasteiger partial charge < -0.3 is 10.2 Å². The van der Waals surface area contributed by atoms with Crippen LogP contribution in [-0.4, -0.2) is 19.1 Å². The lowest BCUT2D eigenvalue weighted by molar-refractivity contribution is 0.372. The lowest BCUT2D eigenvalue weighted by Gasteiger charge is -2.23. The average molecular weight is 297 g/mol. The van der Waals surface area contributed by atoms with E-state index in [1.54, 1.807) is 0 Å². The van der Waals surface area contributed by atoms with Gasteiger partial charge in [-0.3, -0.25) is 0 Å². The Labute approximate surface area is 130 Å². The molecule has 0 atom stereocenters. The number of halogens is 1. The van der Waals surface area contributed by atoms with Gasteiger partial charge in [-0.2, -0.15) is 0 Å². The van der Waals surface area contributed by atoms with Crippen LogP contribution in [0.2, 0.25) is 0 Å². The van der Waals surface area contributed by atoms with E-state index in [-0.39, 0.29) is 12.4 Å². The third kappa shape index (κ3) is 4.99. The summed E-state index contributed by atoms with van der Waals surface area (Å²) in [4.78, 5) is 2.39. The zero-order valence-electron chi connectivity index (χ0n) is 12.9. The number of hydrogen-bond acceptors (Lipinski definition) is 2. The summed E-state index contributed by atoms with van der Waals surface area (Å²) in [6, 6.07) is 9.79. The van der Waals surface area contributed by atoms with Crippen molar-refractivity contribution in [3.05, 3.63) is 29.8 Å². The Morgan fingerprint density at radius 1 is 1.00 bits per heavy atom. The van der Waals surface area contributed by atoms with Gasteiger partial charge in [0.05, 0.1) is 0 Å². The van der Waals surface area contributed by atoms with E-state index >= 15 is 0 Å². The molecule has 0 heterocycles. The first-order chi connectivity index (χ1) is 9.33. The summed E-state index contributed by atoms with van der Waals surface area (Å²) in [5, 5.41) is 3.70. The van der Waals surface area contributed by atoms with Crippen molar-refractivity contribution >= 4 is 18.1 Å². The highest BCUT2D eigenvalue weighted by Crippen LogP contribution is 2.19. The Morgan fingerprint density at radius 2 is 1.60 bits per heavy atom. The van der Waals surface area contributed by atoms with Gasteiger partial charge in [0.1, 0.15) is 0 Å².